The van der Waals surface area contributed by atoms with Gasteiger partial charge in [-0.25, -0.2) is 4.79 Å². The fourth-order valence-electron chi connectivity index (χ4n) is 0.201. The molecule has 0 amide bonds. The predicted molar refractivity (Wildman–Crippen MR) is 44.9 cm³/mol. The molecule has 0 saturated carbocycles. The van der Waals surface area contributed by atoms with Crippen molar-refractivity contribution in [2.24, 2.45) is 11.5 Å². The molecular formula is C7H16N2O2. The van der Waals surface area contributed by atoms with Crippen LogP contribution in [0.25, 0.3) is 0 Å². The summed E-state index contributed by atoms with van der Waals surface area (Å²) in [4.78, 5) is 10.1. The summed E-state index contributed by atoms with van der Waals surface area (Å²) < 4.78 is 4.43. The Bertz CT molecular complexity index is 103. The molecule has 4 N–H and O–H groups in total. The van der Waals surface area contributed by atoms with Crippen LogP contribution in [0.4, 0.5) is 0 Å². The minimum Gasteiger partial charge on any atom is -0.463 e. The monoisotopic (exact) mass is 160 g/mol. The molecule has 0 aromatic heterocycles. The smallest absolute Gasteiger partial charge is 0.330 e. The van der Waals surface area contributed by atoms with Crippen molar-refractivity contribution in [3.05, 3.63) is 12.7 Å². The van der Waals surface area contributed by atoms with Gasteiger partial charge >= 0.3 is 5.97 Å². The topological polar surface area (TPSA) is 78.3 Å². The molecule has 11 heavy (non-hydrogen) atoms. The molecule has 0 aliphatic carbocycles. The lowest BCUT2D eigenvalue weighted by molar-refractivity contribution is -0.137. The van der Waals surface area contributed by atoms with Crippen LogP contribution in [0.5, 0.6) is 0 Å². The summed E-state index contributed by atoms with van der Waals surface area (Å²) in [6.45, 7) is 6.57. The van der Waals surface area contributed by atoms with Gasteiger partial charge in [0.15, 0.2) is 0 Å². The molecule has 0 aromatic carbocycles. The zero-order valence-electron chi connectivity index (χ0n) is 6.88. The van der Waals surface area contributed by atoms with Crippen molar-refractivity contribution in [1.82, 2.24) is 0 Å². The summed E-state index contributed by atoms with van der Waals surface area (Å²) in [5.74, 6) is -0.359. The van der Waals surface area contributed by atoms with Crippen LogP contribution in [0, 0.1) is 0 Å². The molecule has 0 spiro atoms. The second kappa shape index (κ2) is 11.9. The molecule has 0 aromatic rings. The third-order valence-electron chi connectivity index (χ3n) is 0.620. The van der Waals surface area contributed by atoms with E-state index in [0.717, 1.165) is 6.08 Å². The van der Waals surface area contributed by atoms with Gasteiger partial charge in [0.05, 0.1) is 6.61 Å². The molecule has 4 heteroatoms. The van der Waals surface area contributed by atoms with Gasteiger partial charge in [-0.15, -0.1) is 0 Å². The highest BCUT2D eigenvalue weighted by Crippen LogP contribution is 1.74. The van der Waals surface area contributed by atoms with Crippen LogP contribution in [0.15, 0.2) is 12.7 Å². The summed E-state index contributed by atoms with van der Waals surface area (Å²) in [5.41, 5.74) is 9.81. The second-order valence-corrected chi connectivity index (χ2v) is 1.53. The van der Waals surface area contributed by atoms with E-state index in [1.165, 1.54) is 0 Å². The fourth-order valence-corrected chi connectivity index (χ4v) is 0.201. The molecule has 0 aliphatic rings. The summed E-state index contributed by atoms with van der Waals surface area (Å²) in [6.07, 6.45) is 1.14. The van der Waals surface area contributed by atoms with E-state index in [-0.39, 0.29) is 5.97 Å². The Balaban J connectivity index is 0. The van der Waals surface area contributed by atoms with E-state index in [0.29, 0.717) is 19.7 Å². The average Bonchev–Trinajstić information content (AvgIpc) is 2.05. The van der Waals surface area contributed by atoms with E-state index in [9.17, 15) is 4.79 Å². The van der Waals surface area contributed by atoms with E-state index in [2.05, 4.69) is 11.3 Å². The molecule has 0 aliphatic heterocycles. The zero-order valence-corrected chi connectivity index (χ0v) is 6.88. The first kappa shape index (κ1) is 12.8. The van der Waals surface area contributed by atoms with E-state index in [4.69, 9.17) is 11.5 Å². The minimum absolute atomic E-state index is 0.359. The molecule has 0 fully saturated rings. The van der Waals surface area contributed by atoms with Crippen molar-refractivity contribution in [2.75, 3.05) is 19.7 Å². The van der Waals surface area contributed by atoms with Crippen LogP contribution in [0.2, 0.25) is 0 Å². The lowest BCUT2D eigenvalue weighted by Gasteiger charge is -1.90. The molecule has 0 radical (unpaired) electrons. The Morgan fingerprint density at radius 3 is 2.09 bits per heavy atom. The van der Waals surface area contributed by atoms with Gasteiger partial charge in [-0.05, 0) is 6.92 Å². The van der Waals surface area contributed by atoms with Crippen molar-refractivity contribution >= 4 is 5.97 Å². The number of hydrogen-bond acceptors (Lipinski definition) is 4. The quantitative estimate of drug-likeness (QED) is 0.436. The van der Waals surface area contributed by atoms with Crippen molar-refractivity contribution in [3.8, 4) is 0 Å². The number of ether oxygens (including phenoxy) is 1. The third-order valence-corrected chi connectivity index (χ3v) is 0.620. The molecule has 0 atom stereocenters. The summed E-state index contributed by atoms with van der Waals surface area (Å²) in [6, 6.07) is 0. The number of rotatable bonds is 3. The lowest BCUT2D eigenvalue weighted by Crippen LogP contribution is -2.11. The van der Waals surface area contributed by atoms with E-state index in [1.807, 2.05) is 0 Å². The largest absolute Gasteiger partial charge is 0.463 e. The van der Waals surface area contributed by atoms with Crippen molar-refractivity contribution in [1.29, 1.82) is 0 Å². The van der Waals surface area contributed by atoms with E-state index >= 15 is 0 Å². The van der Waals surface area contributed by atoms with Gasteiger partial charge in [0.25, 0.3) is 0 Å². The lowest BCUT2D eigenvalue weighted by atomic mass is 10.6. The van der Waals surface area contributed by atoms with Crippen LogP contribution in [0.1, 0.15) is 6.92 Å². The maximum atomic E-state index is 10.1. The van der Waals surface area contributed by atoms with Gasteiger partial charge < -0.3 is 16.2 Å². The van der Waals surface area contributed by atoms with Crippen LogP contribution >= 0.6 is 0 Å². The Hall–Kier alpha value is -0.870. The van der Waals surface area contributed by atoms with Gasteiger partial charge in [0, 0.05) is 19.2 Å². The molecule has 0 heterocycles. The zero-order chi connectivity index (χ0) is 9.11. The first-order chi connectivity index (χ1) is 5.22. The van der Waals surface area contributed by atoms with Gasteiger partial charge in [-0.3, -0.25) is 0 Å². The van der Waals surface area contributed by atoms with Crippen LogP contribution in [-0.2, 0) is 9.53 Å². The van der Waals surface area contributed by atoms with E-state index < -0.39 is 0 Å². The van der Waals surface area contributed by atoms with Crippen molar-refractivity contribution < 1.29 is 9.53 Å². The molecular weight excluding hydrogens is 144 g/mol. The number of hydrogen-bond donors (Lipinski definition) is 2. The number of nitrogens with two attached hydrogens (primary N) is 2. The van der Waals surface area contributed by atoms with Crippen molar-refractivity contribution in [2.45, 2.75) is 6.92 Å². The molecule has 0 bridgehead atoms. The van der Waals surface area contributed by atoms with Gasteiger partial charge in [0.1, 0.15) is 0 Å². The molecule has 0 saturated heterocycles. The maximum absolute atomic E-state index is 10.1. The van der Waals surface area contributed by atoms with Crippen LogP contribution < -0.4 is 11.5 Å². The van der Waals surface area contributed by atoms with Gasteiger partial charge in [-0.2, -0.15) is 0 Å². The maximum Gasteiger partial charge on any atom is 0.330 e. The minimum atomic E-state index is -0.359. The summed E-state index contributed by atoms with van der Waals surface area (Å²) in [7, 11) is 0. The number of carbonyl (C=O) groups is 1. The molecule has 0 unspecified atom stereocenters. The first-order valence-corrected chi connectivity index (χ1v) is 3.42. The molecule has 4 nitrogen and oxygen atoms in total. The second-order valence-electron chi connectivity index (χ2n) is 1.53. The summed E-state index contributed by atoms with van der Waals surface area (Å²) in [5, 5.41) is 0. The summed E-state index contributed by atoms with van der Waals surface area (Å²) >= 11 is 0. The fraction of sp³-hybridized carbons (Fsp3) is 0.571. The standard InChI is InChI=1S/C5H8O2.C2H8N2/c1-3-5(6)7-4-2;3-1-2-4/h3H,1,4H2,2H3;1-4H2. The average molecular weight is 160 g/mol. The van der Waals surface area contributed by atoms with Gasteiger partial charge in [0.2, 0.25) is 0 Å². The SMILES string of the molecule is C=CC(=O)OCC.NCCN. The van der Waals surface area contributed by atoms with Crippen LogP contribution in [0.3, 0.4) is 0 Å². The Labute approximate surface area is 67.2 Å². The molecule has 66 valence electrons. The van der Waals surface area contributed by atoms with Crippen molar-refractivity contribution in [3.63, 3.8) is 0 Å². The Morgan fingerprint density at radius 2 is 2.00 bits per heavy atom. The first-order valence-electron chi connectivity index (χ1n) is 3.42. The van der Waals surface area contributed by atoms with E-state index in [1.54, 1.807) is 6.92 Å². The molecule has 0 rings (SSSR count). The number of esters is 1. The highest BCUT2D eigenvalue weighted by atomic mass is 16.5. The predicted octanol–water partition coefficient (Wildman–Crippen LogP) is -0.361. The highest BCUT2D eigenvalue weighted by molar-refractivity contribution is 5.81. The Morgan fingerprint density at radius 1 is 1.55 bits per heavy atom. The normalized spacial score (nSPS) is 7.55. The highest BCUT2D eigenvalue weighted by Gasteiger charge is 1.86. The van der Waals surface area contributed by atoms with Crippen LogP contribution in [-0.4, -0.2) is 25.7 Å². The Kier molecular flexibility index (Phi) is 13.8. The van der Waals surface area contributed by atoms with Gasteiger partial charge in [-0.1, -0.05) is 6.58 Å². The number of carbonyl (C=O) groups excluding carboxylic acids is 1. The third kappa shape index (κ3) is 17.6.